The fourth-order valence-electron chi connectivity index (χ4n) is 5.27. The normalized spacial score (nSPS) is 28.9. The summed E-state index contributed by atoms with van der Waals surface area (Å²) < 4.78 is 66.3. The average molecular weight is 751 g/mol. The molecule has 0 aliphatic carbocycles. The van der Waals surface area contributed by atoms with E-state index in [0.29, 0.717) is 0 Å². The number of ether oxygens (including phenoxy) is 12. The Balaban J connectivity index is 2.34. The number of hydrogen-bond acceptors (Lipinski definition) is 20. The van der Waals surface area contributed by atoms with E-state index in [0.717, 1.165) is 55.4 Å². The van der Waals surface area contributed by atoms with Crippen LogP contribution in [-0.4, -0.2) is 135 Å². The second kappa shape index (κ2) is 20.6. The third-order valence-corrected chi connectivity index (χ3v) is 7.07. The number of carbonyl (C=O) groups excluding carboxylic acids is 8. The van der Waals surface area contributed by atoms with E-state index in [-0.39, 0.29) is 13.0 Å². The highest BCUT2D eigenvalue weighted by atomic mass is 16.8. The van der Waals surface area contributed by atoms with Crippen LogP contribution in [0.3, 0.4) is 0 Å². The largest absolute Gasteiger partial charge is 0.463 e. The maximum absolute atomic E-state index is 12.1. The first-order valence-corrected chi connectivity index (χ1v) is 16.2. The molecule has 0 aromatic rings. The van der Waals surface area contributed by atoms with Crippen LogP contribution in [0.15, 0.2) is 0 Å². The molecule has 2 saturated heterocycles. The molecule has 52 heavy (non-hydrogen) atoms. The second-order valence-corrected chi connectivity index (χ2v) is 11.7. The molecule has 0 aromatic carbocycles. The van der Waals surface area contributed by atoms with Crippen LogP contribution in [0.4, 0.5) is 0 Å². The van der Waals surface area contributed by atoms with Crippen molar-refractivity contribution in [1.82, 2.24) is 0 Å². The summed E-state index contributed by atoms with van der Waals surface area (Å²) in [6, 6.07) is 0. The van der Waals surface area contributed by atoms with E-state index in [2.05, 4.69) is 0 Å². The molecule has 0 saturated carbocycles. The summed E-state index contributed by atoms with van der Waals surface area (Å²) in [6.07, 6.45) is -14.8. The highest BCUT2D eigenvalue weighted by molar-refractivity contribution is 5.70. The minimum absolute atomic E-state index is 0.0275. The molecule has 0 spiro atoms. The Morgan fingerprint density at radius 1 is 0.462 bits per heavy atom. The van der Waals surface area contributed by atoms with Crippen LogP contribution in [0.2, 0.25) is 0 Å². The van der Waals surface area contributed by atoms with Gasteiger partial charge in [0.15, 0.2) is 49.2 Å². The quantitative estimate of drug-likeness (QED) is 0.148. The van der Waals surface area contributed by atoms with Crippen LogP contribution in [0.25, 0.3) is 0 Å². The maximum atomic E-state index is 12.1. The van der Waals surface area contributed by atoms with E-state index in [1.54, 1.807) is 6.92 Å². The van der Waals surface area contributed by atoms with Gasteiger partial charge in [-0.05, 0) is 13.3 Å². The first-order valence-electron chi connectivity index (χ1n) is 16.2. The summed E-state index contributed by atoms with van der Waals surface area (Å²) in [6.45, 7) is 9.21. The Hall–Kier alpha value is -4.40. The first kappa shape index (κ1) is 43.8. The van der Waals surface area contributed by atoms with Crippen LogP contribution >= 0.6 is 0 Å². The molecule has 0 amide bonds. The molecule has 0 radical (unpaired) electrons. The van der Waals surface area contributed by atoms with Crippen molar-refractivity contribution < 1.29 is 95.2 Å². The lowest BCUT2D eigenvalue weighted by Crippen LogP contribution is -2.63. The Kier molecular flexibility index (Phi) is 17.3. The third kappa shape index (κ3) is 14.3. The molecule has 2 fully saturated rings. The van der Waals surface area contributed by atoms with Gasteiger partial charge in [-0.3, -0.25) is 38.4 Å². The summed E-state index contributed by atoms with van der Waals surface area (Å²) in [5, 5.41) is 0. The molecule has 0 unspecified atom stereocenters. The van der Waals surface area contributed by atoms with E-state index in [1.807, 2.05) is 0 Å². The zero-order valence-electron chi connectivity index (χ0n) is 30.3. The number of esters is 8. The van der Waals surface area contributed by atoms with E-state index in [9.17, 15) is 38.4 Å². The van der Waals surface area contributed by atoms with Crippen LogP contribution in [0.1, 0.15) is 68.7 Å². The van der Waals surface area contributed by atoms with E-state index in [1.165, 1.54) is 0 Å². The predicted octanol–water partition coefficient (Wildman–Crippen LogP) is -0.0356. The van der Waals surface area contributed by atoms with Crippen LogP contribution in [-0.2, 0) is 95.2 Å². The molecule has 0 N–H and O–H groups in total. The average Bonchev–Trinajstić information content (AvgIpc) is 2.99. The lowest BCUT2D eigenvalue weighted by Gasteiger charge is -2.45. The van der Waals surface area contributed by atoms with Crippen molar-refractivity contribution >= 4 is 47.8 Å². The molecule has 2 heterocycles. The van der Waals surface area contributed by atoms with Gasteiger partial charge >= 0.3 is 47.8 Å². The number of hydrogen-bond donors (Lipinski definition) is 0. The monoisotopic (exact) mass is 750 g/mol. The lowest BCUT2D eigenvalue weighted by molar-refractivity contribution is -0.320. The van der Waals surface area contributed by atoms with Gasteiger partial charge in [-0.1, -0.05) is 0 Å². The topological polar surface area (TPSA) is 247 Å². The second-order valence-electron chi connectivity index (χ2n) is 11.7. The summed E-state index contributed by atoms with van der Waals surface area (Å²) in [4.78, 5) is 95.6. The van der Waals surface area contributed by atoms with Crippen LogP contribution in [0, 0.1) is 0 Å². The van der Waals surface area contributed by atoms with Gasteiger partial charge in [0.1, 0.15) is 25.4 Å². The molecular formula is C32H46O20. The predicted molar refractivity (Wildman–Crippen MR) is 165 cm³/mol. The zero-order chi connectivity index (χ0) is 39.3. The maximum Gasteiger partial charge on any atom is 0.303 e. The number of rotatable bonds is 16. The molecule has 2 aliphatic rings. The molecule has 0 bridgehead atoms. The molecule has 2 rings (SSSR count). The van der Waals surface area contributed by atoms with Crippen molar-refractivity contribution in [2.24, 2.45) is 0 Å². The molecule has 2 aliphatic heterocycles. The molecule has 11 atom stereocenters. The fraction of sp³-hybridized carbons (Fsp3) is 0.750. The highest BCUT2D eigenvalue weighted by Crippen LogP contribution is 2.32. The Labute approximate surface area is 299 Å². The standard InChI is InChI=1S/C32H46O20/c1-14(44-32-30(50-22(9)40)28(48-20(7)38)26(46-18(5)36)24(52-32)13-43-16(3)34)10-11-41-31-29(49-21(8)39)27(47-19(6)37)25(45-17(4)35)23(51-31)12-42-15(2)33/h14,23-32H,10-13H2,1-9H3/t14-,23-,24-,25-,26-,27+,28+,29+,30+,31+,32+/m1/s1. The van der Waals surface area contributed by atoms with Crippen LogP contribution in [0.5, 0.6) is 0 Å². The van der Waals surface area contributed by atoms with E-state index < -0.39 is 128 Å². The van der Waals surface area contributed by atoms with E-state index in [4.69, 9.17) is 56.8 Å². The summed E-state index contributed by atoms with van der Waals surface area (Å²) >= 11 is 0. The SMILES string of the molecule is CC(=O)OC[C@H]1O[C@H](OCC[C@@H](C)O[C@H]2O[C@H](COC(C)=O)[C@@H](OC(C)=O)[C@H](OC(C)=O)[C@@H]2OC(C)=O)[C@@H](OC(C)=O)[C@@H](OC(C)=O)[C@@H]1OC(C)=O. The third-order valence-electron chi connectivity index (χ3n) is 7.07. The van der Waals surface area contributed by atoms with Crippen molar-refractivity contribution in [3.8, 4) is 0 Å². The molecule has 20 heteroatoms. The van der Waals surface area contributed by atoms with Gasteiger partial charge in [-0.2, -0.15) is 0 Å². The van der Waals surface area contributed by atoms with Gasteiger partial charge in [0, 0.05) is 55.4 Å². The van der Waals surface area contributed by atoms with Crippen molar-refractivity contribution in [3.05, 3.63) is 0 Å². The Bertz CT molecular complexity index is 1300. The van der Waals surface area contributed by atoms with Gasteiger partial charge in [0.2, 0.25) is 0 Å². The van der Waals surface area contributed by atoms with E-state index >= 15 is 0 Å². The van der Waals surface area contributed by atoms with Gasteiger partial charge in [-0.15, -0.1) is 0 Å². The van der Waals surface area contributed by atoms with Crippen molar-refractivity contribution in [3.63, 3.8) is 0 Å². The molecule has 20 nitrogen and oxygen atoms in total. The lowest BCUT2D eigenvalue weighted by atomic mass is 9.98. The Morgan fingerprint density at radius 3 is 1.15 bits per heavy atom. The molecule has 0 aromatic heterocycles. The summed E-state index contributed by atoms with van der Waals surface area (Å²) in [5.41, 5.74) is 0. The molecule has 294 valence electrons. The van der Waals surface area contributed by atoms with Gasteiger partial charge in [-0.25, -0.2) is 0 Å². The molecular weight excluding hydrogens is 704 g/mol. The Morgan fingerprint density at radius 2 is 0.788 bits per heavy atom. The van der Waals surface area contributed by atoms with Crippen LogP contribution < -0.4 is 0 Å². The van der Waals surface area contributed by atoms with Crippen molar-refractivity contribution in [2.75, 3.05) is 19.8 Å². The summed E-state index contributed by atoms with van der Waals surface area (Å²) in [7, 11) is 0. The fourth-order valence-corrected chi connectivity index (χ4v) is 5.27. The first-order chi connectivity index (χ1) is 24.3. The number of carbonyl (C=O) groups is 8. The summed E-state index contributed by atoms with van der Waals surface area (Å²) in [5.74, 6) is -6.27. The minimum atomic E-state index is -1.47. The van der Waals surface area contributed by atoms with Gasteiger partial charge < -0.3 is 56.8 Å². The smallest absolute Gasteiger partial charge is 0.303 e. The zero-order valence-corrected chi connectivity index (χ0v) is 30.3. The highest BCUT2D eigenvalue weighted by Gasteiger charge is 2.54. The van der Waals surface area contributed by atoms with Crippen molar-refractivity contribution in [2.45, 2.75) is 136 Å². The van der Waals surface area contributed by atoms with Gasteiger partial charge in [0.05, 0.1) is 12.7 Å². The minimum Gasteiger partial charge on any atom is -0.463 e. The van der Waals surface area contributed by atoms with Gasteiger partial charge in [0.25, 0.3) is 0 Å². The van der Waals surface area contributed by atoms with Crippen molar-refractivity contribution in [1.29, 1.82) is 0 Å².